The van der Waals surface area contributed by atoms with Gasteiger partial charge in [-0.1, -0.05) is 30.3 Å². The molecule has 0 aliphatic heterocycles. The maximum atomic E-state index is 4.34. The summed E-state index contributed by atoms with van der Waals surface area (Å²) in [5, 5.41) is 5.27. The van der Waals surface area contributed by atoms with E-state index in [1.165, 1.54) is 17.1 Å². The van der Waals surface area contributed by atoms with Crippen LogP contribution in [0.5, 0.6) is 0 Å². The van der Waals surface area contributed by atoms with Gasteiger partial charge in [0.1, 0.15) is 0 Å². The molecule has 2 nitrogen and oxygen atoms in total. The first-order valence-corrected chi connectivity index (χ1v) is 5.38. The largest absolute Gasteiger partial charge is 0.308 e. The number of nitrogens with one attached hydrogen (secondary N) is 1. The molecule has 0 bridgehead atoms. The number of aromatic nitrogens is 1. The van der Waals surface area contributed by atoms with E-state index >= 15 is 0 Å². The van der Waals surface area contributed by atoms with Gasteiger partial charge in [0.25, 0.3) is 0 Å². The average molecular weight is 204 g/mol. The highest BCUT2D eigenvalue weighted by molar-refractivity contribution is 7.03. The summed E-state index contributed by atoms with van der Waals surface area (Å²) in [5.74, 6) is 0. The van der Waals surface area contributed by atoms with Crippen molar-refractivity contribution in [2.75, 3.05) is 7.05 Å². The van der Waals surface area contributed by atoms with Crippen molar-refractivity contribution >= 4 is 11.5 Å². The van der Waals surface area contributed by atoms with Gasteiger partial charge in [-0.05, 0) is 30.2 Å². The first kappa shape index (κ1) is 9.37. The molecule has 72 valence electrons. The van der Waals surface area contributed by atoms with Gasteiger partial charge in [-0.15, -0.1) is 0 Å². The summed E-state index contributed by atoms with van der Waals surface area (Å²) in [7, 11) is 1.96. The maximum absolute atomic E-state index is 4.34. The number of benzene rings is 1. The molecule has 0 aliphatic rings. The molecular weight excluding hydrogens is 192 g/mol. The van der Waals surface area contributed by atoms with Gasteiger partial charge in [0, 0.05) is 5.38 Å². The first-order valence-electron chi connectivity index (χ1n) is 4.54. The minimum atomic E-state index is 0.211. The van der Waals surface area contributed by atoms with Gasteiger partial charge in [0.15, 0.2) is 0 Å². The van der Waals surface area contributed by atoms with Crippen LogP contribution in [0.4, 0.5) is 0 Å². The second-order valence-electron chi connectivity index (χ2n) is 3.06. The van der Waals surface area contributed by atoms with Gasteiger partial charge < -0.3 is 5.32 Å². The molecule has 1 aromatic heterocycles. The summed E-state index contributed by atoms with van der Waals surface area (Å²) in [5.41, 5.74) is 2.34. The molecule has 0 saturated carbocycles. The summed E-state index contributed by atoms with van der Waals surface area (Å²) in [6.45, 7) is 0. The lowest BCUT2D eigenvalue weighted by molar-refractivity contribution is 0.678. The second-order valence-corrected chi connectivity index (χ2v) is 3.72. The van der Waals surface area contributed by atoms with Crippen LogP contribution in [0.15, 0.2) is 41.8 Å². The third-order valence-electron chi connectivity index (χ3n) is 2.18. The van der Waals surface area contributed by atoms with Crippen LogP contribution in [0.1, 0.15) is 17.3 Å². The summed E-state index contributed by atoms with van der Waals surface area (Å²) >= 11 is 1.49. The fourth-order valence-corrected chi connectivity index (χ4v) is 2.05. The van der Waals surface area contributed by atoms with Crippen LogP contribution >= 0.6 is 11.5 Å². The molecular formula is C11H12N2S. The van der Waals surface area contributed by atoms with E-state index in [9.17, 15) is 0 Å². The topological polar surface area (TPSA) is 24.9 Å². The Balaban J connectivity index is 2.31. The normalized spacial score (nSPS) is 12.6. The SMILES string of the molecule is CNC(c1ccccc1)c1ccsn1. The van der Waals surface area contributed by atoms with Crippen molar-refractivity contribution < 1.29 is 0 Å². The molecule has 3 heteroatoms. The standard InChI is InChI=1S/C11H12N2S/c1-12-11(10-7-8-14-13-10)9-5-3-2-4-6-9/h2-8,11-12H,1H3. The second kappa shape index (κ2) is 4.35. The molecule has 1 heterocycles. The van der Waals surface area contributed by atoms with Gasteiger partial charge in [0.05, 0.1) is 11.7 Å². The molecule has 0 saturated heterocycles. The quantitative estimate of drug-likeness (QED) is 0.830. The van der Waals surface area contributed by atoms with Crippen molar-refractivity contribution in [3.63, 3.8) is 0 Å². The van der Waals surface area contributed by atoms with Gasteiger partial charge in [0.2, 0.25) is 0 Å². The lowest BCUT2D eigenvalue weighted by Gasteiger charge is -2.13. The molecule has 1 atom stereocenters. The van der Waals surface area contributed by atoms with E-state index in [4.69, 9.17) is 0 Å². The maximum Gasteiger partial charge on any atom is 0.0759 e. The van der Waals surface area contributed by atoms with Crippen LogP contribution < -0.4 is 5.32 Å². The van der Waals surface area contributed by atoms with E-state index in [1.807, 2.05) is 30.6 Å². The minimum Gasteiger partial charge on any atom is -0.308 e. The molecule has 2 aromatic rings. The highest BCUT2D eigenvalue weighted by atomic mass is 32.1. The molecule has 1 unspecified atom stereocenters. The number of hydrogen-bond acceptors (Lipinski definition) is 3. The van der Waals surface area contributed by atoms with E-state index in [1.54, 1.807) is 0 Å². The number of rotatable bonds is 3. The summed E-state index contributed by atoms with van der Waals surface area (Å²) in [4.78, 5) is 0. The molecule has 0 fully saturated rings. The van der Waals surface area contributed by atoms with Crippen LogP contribution in [0.25, 0.3) is 0 Å². The predicted octanol–water partition coefficient (Wildman–Crippen LogP) is 2.45. The Morgan fingerprint density at radius 3 is 2.57 bits per heavy atom. The Labute approximate surface area is 87.8 Å². The highest BCUT2D eigenvalue weighted by Crippen LogP contribution is 2.20. The Morgan fingerprint density at radius 2 is 2.00 bits per heavy atom. The molecule has 0 amide bonds. The van der Waals surface area contributed by atoms with E-state index in [0.717, 1.165) is 5.69 Å². The average Bonchev–Trinajstić information content (AvgIpc) is 2.74. The summed E-state index contributed by atoms with van der Waals surface area (Å²) in [6.07, 6.45) is 0. The zero-order valence-electron chi connectivity index (χ0n) is 7.97. The van der Waals surface area contributed by atoms with Crippen LogP contribution in [0, 0.1) is 0 Å². The van der Waals surface area contributed by atoms with Crippen molar-refractivity contribution in [2.24, 2.45) is 0 Å². The summed E-state index contributed by atoms with van der Waals surface area (Å²) < 4.78 is 4.34. The van der Waals surface area contributed by atoms with Crippen molar-refractivity contribution in [1.29, 1.82) is 0 Å². The summed E-state index contributed by atoms with van der Waals surface area (Å²) in [6, 6.07) is 12.6. The predicted molar refractivity (Wildman–Crippen MR) is 59.5 cm³/mol. The zero-order chi connectivity index (χ0) is 9.80. The monoisotopic (exact) mass is 204 g/mol. The van der Waals surface area contributed by atoms with Crippen molar-refractivity contribution in [3.8, 4) is 0 Å². The van der Waals surface area contributed by atoms with Gasteiger partial charge >= 0.3 is 0 Å². The van der Waals surface area contributed by atoms with Gasteiger partial charge in [-0.3, -0.25) is 0 Å². The number of hydrogen-bond donors (Lipinski definition) is 1. The molecule has 1 aromatic carbocycles. The molecule has 0 spiro atoms. The van der Waals surface area contributed by atoms with Crippen molar-refractivity contribution in [3.05, 3.63) is 53.0 Å². The third-order valence-corrected chi connectivity index (χ3v) is 2.75. The molecule has 0 aliphatic carbocycles. The third kappa shape index (κ3) is 1.84. The zero-order valence-corrected chi connectivity index (χ0v) is 8.79. The highest BCUT2D eigenvalue weighted by Gasteiger charge is 2.12. The van der Waals surface area contributed by atoms with Crippen molar-refractivity contribution in [1.82, 2.24) is 9.69 Å². The van der Waals surface area contributed by atoms with Crippen LogP contribution in [-0.2, 0) is 0 Å². The van der Waals surface area contributed by atoms with Crippen LogP contribution in [0.2, 0.25) is 0 Å². The molecule has 14 heavy (non-hydrogen) atoms. The first-order chi connectivity index (χ1) is 6.92. The fourth-order valence-electron chi connectivity index (χ4n) is 1.50. The van der Waals surface area contributed by atoms with E-state index in [2.05, 4.69) is 27.9 Å². The van der Waals surface area contributed by atoms with E-state index in [-0.39, 0.29) is 6.04 Å². The minimum absolute atomic E-state index is 0.211. The lowest BCUT2D eigenvalue weighted by atomic mass is 10.0. The lowest BCUT2D eigenvalue weighted by Crippen LogP contribution is -2.17. The van der Waals surface area contributed by atoms with Gasteiger partial charge in [-0.2, -0.15) is 4.37 Å². The fraction of sp³-hybridized carbons (Fsp3) is 0.182. The number of nitrogens with zero attached hydrogens (tertiary/aromatic N) is 1. The van der Waals surface area contributed by atoms with E-state index < -0.39 is 0 Å². The van der Waals surface area contributed by atoms with Crippen LogP contribution in [0.3, 0.4) is 0 Å². The molecule has 2 rings (SSSR count). The van der Waals surface area contributed by atoms with Gasteiger partial charge in [-0.25, -0.2) is 0 Å². The Hall–Kier alpha value is -1.19. The van der Waals surface area contributed by atoms with E-state index in [0.29, 0.717) is 0 Å². The van der Waals surface area contributed by atoms with Crippen LogP contribution in [-0.4, -0.2) is 11.4 Å². The molecule has 1 N–H and O–H groups in total. The Kier molecular flexibility index (Phi) is 2.91. The molecule has 0 radical (unpaired) electrons. The smallest absolute Gasteiger partial charge is 0.0759 e. The Morgan fingerprint density at radius 1 is 1.21 bits per heavy atom. The Bertz CT molecular complexity index is 369. The van der Waals surface area contributed by atoms with Crippen molar-refractivity contribution in [2.45, 2.75) is 6.04 Å².